The van der Waals surface area contributed by atoms with Gasteiger partial charge in [-0.1, -0.05) is 19.9 Å². The second-order valence-electron chi connectivity index (χ2n) is 6.05. The number of pyridine rings is 1. The smallest absolute Gasteiger partial charge is 0.140 e. The Morgan fingerprint density at radius 3 is 2.63 bits per heavy atom. The Labute approximate surface area is 115 Å². The van der Waals surface area contributed by atoms with Crippen LogP contribution in [0.4, 0.5) is 5.82 Å². The summed E-state index contributed by atoms with van der Waals surface area (Å²) in [5.74, 6) is 2.60. The van der Waals surface area contributed by atoms with E-state index in [1.807, 2.05) is 12.1 Å². The molecule has 0 unspecified atom stereocenters. The highest BCUT2D eigenvalue weighted by molar-refractivity contribution is 5.84. The van der Waals surface area contributed by atoms with Crippen molar-refractivity contribution in [1.82, 2.24) is 4.98 Å². The van der Waals surface area contributed by atoms with Gasteiger partial charge in [-0.25, -0.2) is 4.98 Å². The SMILES string of the molecule is CC(C)C1CCC(C(=O)Cc2cccnc2N)CC1. The zero-order valence-corrected chi connectivity index (χ0v) is 11.9. The molecular weight excluding hydrogens is 236 g/mol. The van der Waals surface area contributed by atoms with Crippen LogP contribution in [0.5, 0.6) is 0 Å². The summed E-state index contributed by atoms with van der Waals surface area (Å²) >= 11 is 0. The molecule has 2 rings (SSSR count). The first-order valence-corrected chi connectivity index (χ1v) is 7.30. The van der Waals surface area contributed by atoms with E-state index in [1.165, 1.54) is 12.8 Å². The molecule has 1 aromatic heterocycles. The molecule has 2 N–H and O–H groups in total. The molecule has 0 saturated heterocycles. The highest BCUT2D eigenvalue weighted by Gasteiger charge is 2.27. The van der Waals surface area contributed by atoms with E-state index in [2.05, 4.69) is 18.8 Å². The van der Waals surface area contributed by atoms with Crippen molar-refractivity contribution in [2.75, 3.05) is 5.73 Å². The van der Waals surface area contributed by atoms with Crippen LogP contribution < -0.4 is 5.73 Å². The Kier molecular flexibility index (Phi) is 4.56. The van der Waals surface area contributed by atoms with E-state index >= 15 is 0 Å². The van der Waals surface area contributed by atoms with Crippen LogP contribution in [0, 0.1) is 17.8 Å². The van der Waals surface area contributed by atoms with Crippen molar-refractivity contribution in [3.63, 3.8) is 0 Å². The number of aromatic nitrogens is 1. The second kappa shape index (κ2) is 6.18. The Morgan fingerprint density at radius 1 is 1.37 bits per heavy atom. The molecule has 0 radical (unpaired) electrons. The number of nitrogens with two attached hydrogens (primary N) is 1. The topological polar surface area (TPSA) is 56.0 Å². The molecule has 0 bridgehead atoms. The maximum atomic E-state index is 12.3. The molecule has 104 valence electrons. The van der Waals surface area contributed by atoms with Gasteiger partial charge >= 0.3 is 0 Å². The standard InChI is InChI=1S/C16H24N2O/c1-11(2)12-5-7-13(8-6-12)15(19)10-14-4-3-9-18-16(14)17/h3-4,9,11-13H,5-8,10H2,1-2H3,(H2,17,18). The number of rotatable bonds is 4. The number of carbonyl (C=O) groups excluding carboxylic acids is 1. The molecule has 3 nitrogen and oxygen atoms in total. The molecule has 1 heterocycles. The van der Waals surface area contributed by atoms with Gasteiger partial charge in [-0.05, 0) is 43.6 Å². The summed E-state index contributed by atoms with van der Waals surface area (Å²) in [6, 6.07) is 3.74. The van der Waals surface area contributed by atoms with Gasteiger partial charge in [-0.3, -0.25) is 4.79 Å². The Hall–Kier alpha value is -1.38. The van der Waals surface area contributed by atoms with E-state index in [-0.39, 0.29) is 5.92 Å². The van der Waals surface area contributed by atoms with Crippen molar-refractivity contribution >= 4 is 11.6 Å². The largest absolute Gasteiger partial charge is 0.383 e. The van der Waals surface area contributed by atoms with Crippen molar-refractivity contribution < 1.29 is 4.79 Å². The maximum Gasteiger partial charge on any atom is 0.140 e. The Bertz CT molecular complexity index is 434. The monoisotopic (exact) mass is 260 g/mol. The van der Waals surface area contributed by atoms with Crippen LogP contribution in [-0.4, -0.2) is 10.8 Å². The van der Waals surface area contributed by atoms with E-state index in [0.717, 1.165) is 30.2 Å². The van der Waals surface area contributed by atoms with Gasteiger partial charge in [0.05, 0.1) is 0 Å². The maximum absolute atomic E-state index is 12.3. The van der Waals surface area contributed by atoms with Gasteiger partial charge in [0.25, 0.3) is 0 Å². The lowest BCUT2D eigenvalue weighted by atomic mass is 9.75. The summed E-state index contributed by atoms with van der Waals surface area (Å²) in [7, 11) is 0. The quantitative estimate of drug-likeness (QED) is 0.904. The lowest BCUT2D eigenvalue weighted by Crippen LogP contribution is -2.25. The summed E-state index contributed by atoms with van der Waals surface area (Å²) in [6.07, 6.45) is 6.57. The highest BCUT2D eigenvalue weighted by Crippen LogP contribution is 2.34. The molecule has 1 fully saturated rings. The fourth-order valence-electron chi connectivity index (χ4n) is 3.04. The third-order valence-corrected chi connectivity index (χ3v) is 4.46. The molecule has 0 aliphatic heterocycles. The van der Waals surface area contributed by atoms with Crippen molar-refractivity contribution in [2.24, 2.45) is 17.8 Å². The van der Waals surface area contributed by atoms with Gasteiger partial charge in [0.2, 0.25) is 0 Å². The predicted molar refractivity (Wildman–Crippen MR) is 77.6 cm³/mol. The minimum Gasteiger partial charge on any atom is -0.383 e. The van der Waals surface area contributed by atoms with E-state index in [0.29, 0.717) is 18.0 Å². The lowest BCUT2D eigenvalue weighted by molar-refractivity contribution is -0.123. The summed E-state index contributed by atoms with van der Waals surface area (Å²) in [4.78, 5) is 16.4. The summed E-state index contributed by atoms with van der Waals surface area (Å²) in [5, 5.41) is 0. The second-order valence-corrected chi connectivity index (χ2v) is 6.05. The molecule has 0 atom stereocenters. The number of nitrogen functional groups attached to an aromatic ring is 1. The fraction of sp³-hybridized carbons (Fsp3) is 0.625. The molecule has 1 aliphatic carbocycles. The number of hydrogen-bond donors (Lipinski definition) is 1. The summed E-state index contributed by atoms with van der Waals surface area (Å²) < 4.78 is 0. The minimum atomic E-state index is 0.231. The van der Waals surface area contributed by atoms with Crippen LogP contribution in [0.25, 0.3) is 0 Å². The number of anilines is 1. The van der Waals surface area contributed by atoms with Gasteiger partial charge in [-0.2, -0.15) is 0 Å². The molecule has 3 heteroatoms. The number of nitrogens with zero attached hydrogens (tertiary/aromatic N) is 1. The first-order chi connectivity index (χ1) is 9.08. The van der Waals surface area contributed by atoms with Crippen molar-refractivity contribution in [2.45, 2.75) is 46.0 Å². The Balaban J connectivity index is 1.90. The van der Waals surface area contributed by atoms with E-state index in [1.54, 1.807) is 6.20 Å². The Morgan fingerprint density at radius 2 is 2.05 bits per heavy atom. The minimum absolute atomic E-state index is 0.231. The summed E-state index contributed by atoms with van der Waals surface area (Å²) in [5.41, 5.74) is 6.67. The van der Waals surface area contributed by atoms with Gasteiger partial charge in [0, 0.05) is 24.1 Å². The molecule has 1 saturated carbocycles. The van der Waals surface area contributed by atoms with Gasteiger partial charge in [0.15, 0.2) is 0 Å². The van der Waals surface area contributed by atoms with Crippen LogP contribution in [0.2, 0.25) is 0 Å². The first kappa shape index (κ1) is 14.0. The van der Waals surface area contributed by atoms with Gasteiger partial charge in [0.1, 0.15) is 11.6 Å². The third-order valence-electron chi connectivity index (χ3n) is 4.46. The van der Waals surface area contributed by atoms with E-state index in [4.69, 9.17) is 5.73 Å². The molecule has 0 spiro atoms. The predicted octanol–water partition coefficient (Wildman–Crippen LogP) is 3.24. The highest BCUT2D eigenvalue weighted by atomic mass is 16.1. The van der Waals surface area contributed by atoms with Crippen LogP contribution in [0.15, 0.2) is 18.3 Å². The molecular formula is C16H24N2O. The number of Topliss-reactive ketones (excluding diaryl/α,β-unsaturated/α-hetero) is 1. The molecule has 1 aromatic rings. The summed E-state index contributed by atoms with van der Waals surface area (Å²) in [6.45, 7) is 4.56. The number of hydrogen-bond acceptors (Lipinski definition) is 3. The average Bonchev–Trinajstić information content (AvgIpc) is 2.41. The van der Waals surface area contributed by atoms with Crippen molar-refractivity contribution in [3.05, 3.63) is 23.9 Å². The molecule has 0 aromatic carbocycles. The van der Waals surface area contributed by atoms with E-state index in [9.17, 15) is 4.79 Å². The van der Waals surface area contributed by atoms with Crippen LogP contribution in [0.3, 0.4) is 0 Å². The van der Waals surface area contributed by atoms with Crippen LogP contribution >= 0.6 is 0 Å². The average molecular weight is 260 g/mol. The third kappa shape index (κ3) is 3.55. The van der Waals surface area contributed by atoms with Crippen molar-refractivity contribution in [1.29, 1.82) is 0 Å². The molecule has 0 amide bonds. The lowest BCUT2D eigenvalue weighted by Gasteiger charge is -2.30. The number of ketones is 1. The zero-order chi connectivity index (χ0) is 13.8. The van der Waals surface area contributed by atoms with Crippen molar-refractivity contribution in [3.8, 4) is 0 Å². The fourth-order valence-corrected chi connectivity index (χ4v) is 3.04. The van der Waals surface area contributed by atoms with Gasteiger partial charge < -0.3 is 5.73 Å². The van der Waals surface area contributed by atoms with Crippen LogP contribution in [-0.2, 0) is 11.2 Å². The first-order valence-electron chi connectivity index (χ1n) is 7.30. The van der Waals surface area contributed by atoms with Gasteiger partial charge in [-0.15, -0.1) is 0 Å². The molecule has 19 heavy (non-hydrogen) atoms. The molecule has 1 aliphatic rings. The normalized spacial score (nSPS) is 23.5. The van der Waals surface area contributed by atoms with Crippen LogP contribution in [0.1, 0.15) is 45.1 Å². The van der Waals surface area contributed by atoms with E-state index < -0.39 is 0 Å². The number of carbonyl (C=O) groups is 1. The zero-order valence-electron chi connectivity index (χ0n) is 11.9.